The Kier molecular flexibility index (Phi) is 5.22. The van der Waals surface area contributed by atoms with E-state index in [1.54, 1.807) is 25.1 Å². The fourth-order valence-electron chi connectivity index (χ4n) is 2.59. The number of nitrogens with one attached hydrogen (secondary N) is 3. The molecule has 3 N–H and O–H groups in total. The molecule has 1 aliphatic heterocycles. The van der Waals surface area contributed by atoms with Gasteiger partial charge >= 0.3 is 0 Å². The quantitative estimate of drug-likeness (QED) is 0.731. The summed E-state index contributed by atoms with van der Waals surface area (Å²) in [5.41, 5.74) is 0.645. The summed E-state index contributed by atoms with van der Waals surface area (Å²) in [6.07, 6.45) is -0.647. The first-order valence-electron chi connectivity index (χ1n) is 8.24. The zero-order valence-electron chi connectivity index (χ0n) is 14.5. The van der Waals surface area contributed by atoms with Crippen LogP contribution in [0.5, 0.6) is 5.75 Å². The van der Waals surface area contributed by atoms with Crippen LogP contribution in [-0.2, 0) is 4.74 Å². The lowest BCUT2D eigenvalue weighted by Gasteiger charge is -2.26. The van der Waals surface area contributed by atoms with Gasteiger partial charge in [-0.25, -0.2) is 4.39 Å². The van der Waals surface area contributed by atoms with Crippen molar-refractivity contribution in [2.75, 3.05) is 20.3 Å². The lowest BCUT2D eigenvalue weighted by Crippen LogP contribution is -2.48. The molecule has 1 atom stereocenters. The topological polar surface area (TPSA) is 92.5 Å². The van der Waals surface area contributed by atoms with Crippen LogP contribution in [0.2, 0.25) is 0 Å². The number of ether oxygens (including phenoxy) is 2. The molecule has 0 radical (unpaired) electrons. The third kappa shape index (κ3) is 3.70. The summed E-state index contributed by atoms with van der Waals surface area (Å²) in [5.74, 6) is -1.03. The molecule has 0 bridgehead atoms. The molecule has 0 spiro atoms. The minimum atomic E-state index is -0.647. The predicted molar refractivity (Wildman–Crippen MR) is 91.7 cm³/mol. The van der Waals surface area contributed by atoms with Gasteiger partial charge in [0.05, 0.1) is 19.3 Å². The number of hydrogen-bond donors (Lipinski definition) is 3. The number of amides is 2. The van der Waals surface area contributed by atoms with E-state index in [0.29, 0.717) is 18.8 Å². The summed E-state index contributed by atoms with van der Waals surface area (Å²) in [4.78, 5) is 27.2. The van der Waals surface area contributed by atoms with Gasteiger partial charge in [0.2, 0.25) is 0 Å². The number of benzene rings is 1. The molecule has 1 aliphatic rings. The van der Waals surface area contributed by atoms with E-state index in [2.05, 4.69) is 15.6 Å². The van der Waals surface area contributed by atoms with Gasteiger partial charge in [0.25, 0.3) is 11.8 Å². The Morgan fingerprint density at radius 1 is 1.31 bits per heavy atom. The maximum atomic E-state index is 13.9. The van der Waals surface area contributed by atoms with Gasteiger partial charge in [0, 0.05) is 18.7 Å². The first-order valence-corrected chi connectivity index (χ1v) is 8.24. The molecule has 0 aliphatic carbocycles. The number of halogens is 1. The first kappa shape index (κ1) is 17.9. The van der Waals surface area contributed by atoms with Crippen molar-refractivity contribution in [2.45, 2.75) is 19.1 Å². The van der Waals surface area contributed by atoms with Crippen LogP contribution >= 0.6 is 0 Å². The van der Waals surface area contributed by atoms with Crippen LogP contribution in [0.25, 0.3) is 0 Å². The third-order valence-corrected chi connectivity index (χ3v) is 4.10. The Morgan fingerprint density at radius 2 is 2.04 bits per heavy atom. The number of H-pyrrole nitrogens is 1. The zero-order valence-corrected chi connectivity index (χ0v) is 14.5. The van der Waals surface area contributed by atoms with E-state index < -0.39 is 17.8 Å². The fourth-order valence-corrected chi connectivity index (χ4v) is 2.59. The molecule has 7 nitrogen and oxygen atoms in total. The molecular weight excluding hydrogens is 341 g/mol. The highest BCUT2D eigenvalue weighted by Crippen LogP contribution is 2.28. The van der Waals surface area contributed by atoms with Crippen LogP contribution in [0.3, 0.4) is 0 Å². The average Bonchev–Trinajstić information content (AvgIpc) is 3.01. The third-order valence-electron chi connectivity index (χ3n) is 4.10. The van der Waals surface area contributed by atoms with E-state index >= 15 is 0 Å². The second-order valence-corrected chi connectivity index (χ2v) is 5.99. The molecule has 2 heterocycles. The molecule has 1 aromatic heterocycles. The van der Waals surface area contributed by atoms with Gasteiger partial charge in [0.15, 0.2) is 5.75 Å². The van der Waals surface area contributed by atoms with E-state index in [4.69, 9.17) is 9.47 Å². The highest BCUT2D eigenvalue weighted by molar-refractivity contribution is 5.99. The predicted octanol–water partition coefficient (Wildman–Crippen LogP) is 1.78. The van der Waals surface area contributed by atoms with Crippen LogP contribution in [0.4, 0.5) is 4.39 Å². The lowest BCUT2D eigenvalue weighted by atomic mass is 10.1. The van der Waals surface area contributed by atoms with E-state index in [-0.39, 0.29) is 29.1 Å². The molecule has 1 saturated heterocycles. The van der Waals surface area contributed by atoms with Gasteiger partial charge in [-0.1, -0.05) is 18.2 Å². The monoisotopic (exact) mass is 361 g/mol. The highest BCUT2D eigenvalue weighted by Gasteiger charge is 2.25. The van der Waals surface area contributed by atoms with Gasteiger partial charge in [-0.15, -0.1) is 0 Å². The molecule has 8 heteroatoms. The number of rotatable bonds is 6. The Morgan fingerprint density at radius 3 is 2.65 bits per heavy atom. The number of aromatic nitrogens is 1. The molecule has 2 amide bonds. The summed E-state index contributed by atoms with van der Waals surface area (Å²) < 4.78 is 24.7. The summed E-state index contributed by atoms with van der Waals surface area (Å²) in [5, 5.41) is 5.27. The maximum Gasteiger partial charge on any atom is 0.271 e. The molecule has 1 aromatic carbocycles. The van der Waals surface area contributed by atoms with Crippen LogP contribution in [0.1, 0.15) is 39.6 Å². The van der Waals surface area contributed by atoms with Gasteiger partial charge in [-0.3, -0.25) is 9.59 Å². The van der Waals surface area contributed by atoms with E-state index in [1.807, 2.05) is 0 Å². The normalized spacial score (nSPS) is 15.0. The van der Waals surface area contributed by atoms with Crippen LogP contribution in [-0.4, -0.2) is 43.1 Å². The van der Waals surface area contributed by atoms with Gasteiger partial charge < -0.3 is 25.1 Å². The fraction of sp³-hybridized carbons (Fsp3) is 0.333. The number of aromatic amines is 1. The Hall–Kier alpha value is -2.87. The van der Waals surface area contributed by atoms with Gasteiger partial charge in [-0.2, -0.15) is 0 Å². The number of hydrogen-bond acceptors (Lipinski definition) is 4. The second-order valence-electron chi connectivity index (χ2n) is 5.99. The van der Waals surface area contributed by atoms with Crippen LogP contribution < -0.4 is 15.4 Å². The van der Waals surface area contributed by atoms with Crippen molar-refractivity contribution in [3.63, 3.8) is 0 Å². The second kappa shape index (κ2) is 7.57. The van der Waals surface area contributed by atoms with E-state index in [0.717, 1.165) is 0 Å². The summed E-state index contributed by atoms with van der Waals surface area (Å²) >= 11 is 0. The molecule has 1 fully saturated rings. The molecule has 138 valence electrons. The van der Waals surface area contributed by atoms with Crippen molar-refractivity contribution in [1.29, 1.82) is 0 Å². The minimum absolute atomic E-state index is 0.0454. The minimum Gasteiger partial charge on any atom is -0.483 e. The standard InChI is InChI=1S/C18H20FN3O4/c1-10(12-5-3-4-6-13(12)19)26-15-7-14(22-16(15)18(24)20-2)17(23)21-11-8-25-9-11/h3-7,10-11,22H,8-9H2,1-2H3,(H,20,24)(H,21,23). The Balaban J connectivity index is 1.83. The molecule has 26 heavy (non-hydrogen) atoms. The Labute approximate surface area is 149 Å². The van der Waals surface area contributed by atoms with Crippen LogP contribution in [0, 0.1) is 5.82 Å². The van der Waals surface area contributed by atoms with Crippen molar-refractivity contribution in [2.24, 2.45) is 0 Å². The lowest BCUT2D eigenvalue weighted by molar-refractivity contribution is -0.00354. The highest BCUT2D eigenvalue weighted by atomic mass is 19.1. The van der Waals surface area contributed by atoms with Gasteiger partial charge in [0.1, 0.15) is 23.3 Å². The maximum absolute atomic E-state index is 13.9. The van der Waals surface area contributed by atoms with E-state index in [9.17, 15) is 14.0 Å². The van der Waals surface area contributed by atoms with Crippen molar-refractivity contribution < 1.29 is 23.5 Å². The SMILES string of the molecule is CNC(=O)c1[nH]c(C(=O)NC2COC2)cc1OC(C)c1ccccc1F. The molecule has 0 saturated carbocycles. The average molecular weight is 361 g/mol. The van der Waals surface area contributed by atoms with Crippen molar-refractivity contribution in [1.82, 2.24) is 15.6 Å². The molecule has 1 unspecified atom stereocenters. The largest absolute Gasteiger partial charge is 0.483 e. The van der Waals surface area contributed by atoms with Crippen molar-refractivity contribution in [3.8, 4) is 5.75 Å². The summed E-state index contributed by atoms with van der Waals surface area (Å²) in [7, 11) is 1.47. The smallest absolute Gasteiger partial charge is 0.271 e. The Bertz CT molecular complexity index is 817. The molecule has 3 rings (SSSR count). The van der Waals surface area contributed by atoms with E-state index in [1.165, 1.54) is 19.2 Å². The van der Waals surface area contributed by atoms with Crippen LogP contribution in [0.15, 0.2) is 30.3 Å². The number of carbonyl (C=O) groups is 2. The van der Waals surface area contributed by atoms with Gasteiger partial charge in [-0.05, 0) is 13.0 Å². The van der Waals surface area contributed by atoms with Crippen molar-refractivity contribution in [3.05, 3.63) is 53.1 Å². The number of carbonyl (C=O) groups excluding carboxylic acids is 2. The molecular formula is C18H20FN3O4. The zero-order chi connectivity index (χ0) is 18.7. The summed E-state index contributed by atoms with van der Waals surface area (Å²) in [6.45, 7) is 2.59. The summed E-state index contributed by atoms with van der Waals surface area (Å²) in [6, 6.07) is 7.63. The first-order chi connectivity index (χ1) is 12.5. The molecule has 2 aromatic rings. The van der Waals surface area contributed by atoms with Crippen molar-refractivity contribution >= 4 is 11.8 Å².